The Bertz CT molecular complexity index is 401. The van der Waals surface area contributed by atoms with Crippen LogP contribution in [-0.2, 0) is 4.57 Å². The fraction of sp³-hybridized carbons (Fsp3) is 0. The zero-order valence-electron chi connectivity index (χ0n) is 11.3. The molecular weight excluding hydrogens is 333 g/mol. The largest absolute Gasteiger partial charge is 1.00 e. The molecule has 0 saturated carbocycles. The summed E-state index contributed by atoms with van der Waals surface area (Å²) in [5.41, 5.74) is 0. The molecule has 0 aliphatic carbocycles. The van der Waals surface area contributed by atoms with Gasteiger partial charge in [-0.15, -0.1) is 0 Å². The maximum absolute atomic E-state index is 8.63. The first-order valence-electron chi connectivity index (χ1n) is 4.82. The number of hydrogen-bond donors (Lipinski definition) is 2. The number of hydrogen-bond acceptors (Lipinski definition) is 5. The first-order valence-corrected chi connectivity index (χ1v) is 5.91. The van der Waals surface area contributed by atoms with Crippen molar-refractivity contribution < 1.29 is 127 Å². The van der Waals surface area contributed by atoms with Gasteiger partial charge in [0.2, 0.25) is 0 Å². The van der Waals surface area contributed by atoms with Crippen LogP contribution in [0.4, 0.5) is 0 Å². The second kappa shape index (κ2) is 18.4. The van der Waals surface area contributed by atoms with E-state index in [-0.39, 0.29) is 103 Å². The Kier molecular flexibility index (Phi) is 24.1. The molecule has 2 aromatic carbocycles. The van der Waals surface area contributed by atoms with Crippen LogP contribution in [0.2, 0.25) is 0 Å². The smallest absolute Gasteiger partial charge is 0.598 e. The van der Waals surface area contributed by atoms with Crippen LogP contribution in [0.3, 0.4) is 0 Å². The van der Waals surface area contributed by atoms with E-state index in [1.165, 1.54) is 0 Å². The van der Waals surface area contributed by atoms with Crippen molar-refractivity contribution in [1.29, 1.82) is 0 Å². The standard InChI is InChI=1S/2C6H6O.2K.HO3P/c2*7-6-4-2-1-3-5-6;;;1-4(2)3/h2*1-5,7H;;;(H,1,2,3)/q;;2*+1;/p-1. The van der Waals surface area contributed by atoms with Gasteiger partial charge in [0.15, 0.2) is 0 Å². The van der Waals surface area contributed by atoms with Crippen molar-refractivity contribution in [2.24, 2.45) is 0 Å². The number of aromatic hydroxyl groups is 2. The third kappa shape index (κ3) is 21.6. The maximum Gasteiger partial charge on any atom is 1.00 e. The summed E-state index contributed by atoms with van der Waals surface area (Å²) in [6.07, 6.45) is 0. The zero-order chi connectivity index (χ0) is 13.8. The minimum atomic E-state index is -3.37. The average molecular weight is 345 g/mol. The minimum Gasteiger partial charge on any atom is -0.598 e. The third-order valence-electron chi connectivity index (χ3n) is 1.51. The molecule has 0 spiro atoms. The topological polar surface area (TPSA) is 104 Å². The van der Waals surface area contributed by atoms with Gasteiger partial charge >= 0.3 is 103 Å². The van der Waals surface area contributed by atoms with Crippen molar-refractivity contribution in [2.75, 3.05) is 0 Å². The monoisotopic (exact) mass is 345 g/mol. The number of para-hydroxylation sites is 2. The van der Waals surface area contributed by atoms with Gasteiger partial charge in [-0.3, -0.25) is 0 Å². The Hall–Kier alpha value is 1.33. The second-order valence-electron chi connectivity index (χ2n) is 2.89. The molecule has 0 fully saturated rings. The molecule has 8 heteroatoms. The van der Waals surface area contributed by atoms with Gasteiger partial charge in [0, 0.05) is 0 Å². The van der Waals surface area contributed by atoms with Gasteiger partial charge in [-0.25, -0.2) is 0 Å². The Morgan fingerprint density at radius 3 is 1.00 bits per heavy atom. The number of benzene rings is 2. The van der Waals surface area contributed by atoms with Gasteiger partial charge in [-0.05, 0) is 24.3 Å². The van der Waals surface area contributed by atoms with Gasteiger partial charge in [0.25, 0.3) is 8.25 Å². The number of rotatable bonds is 0. The maximum atomic E-state index is 8.63. The van der Waals surface area contributed by atoms with E-state index in [2.05, 4.69) is 0 Å². The predicted molar refractivity (Wildman–Crippen MR) is 63.8 cm³/mol. The van der Waals surface area contributed by atoms with E-state index < -0.39 is 8.25 Å². The summed E-state index contributed by atoms with van der Waals surface area (Å²) < 4.78 is 8.48. The molecule has 0 saturated heterocycles. The number of phenolic OH excluding ortho intramolecular Hbond substituents is 2. The first-order chi connectivity index (χ1) is 8.52. The van der Waals surface area contributed by atoms with Crippen LogP contribution in [0.25, 0.3) is 0 Å². The van der Waals surface area contributed by atoms with E-state index in [1.807, 2.05) is 12.1 Å². The summed E-state index contributed by atoms with van der Waals surface area (Å²) >= 11 is 0. The zero-order valence-corrected chi connectivity index (χ0v) is 18.5. The van der Waals surface area contributed by atoms with Gasteiger partial charge < -0.3 is 20.0 Å². The normalized spacial score (nSPS) is 7.30. The summed E-state index contributed by atoms with van der Waals surface area (Å²) in [5, 5.41) is 17.3. The van der Waals surface area contributed by atoms with Crippen molar-refractivity contribution in [2.45, 2.75) is 0 Å². The van der Waals surface area contributed by atoms with E-state index in [1.54, 1.807) is 48.5 Å². The van der Waals surface area contributed by atoms with Crippen LogP contribution in [-0.4, -0.2) is 10.2 Å². The molecule has 0 aromatic heterocycles. The van der Waals surface area contributed by atoms with Crippen LogP contribution in [0.1, 0.15) is 0 Å². The Balaban J connectivity index is -0.000000215. The fourth-order valence-corrected chi connectivity index (χ4v) is 0.856. The molecule has 0 aliphatic rings. The molecule has 2 aromatic rings. The first kappa shape index (κ1) is 26.2. The van der Waals surface area contributed by atoms with Crippen molar-refractivity contribution in [3.63, 3.8) is 0 Å². The van der Waals surface area contributed by atoms with Crippen LogP contribution in [0, 0.1) is 0 Å². The van der Waals surface area contributed by atoms with E-state index in [0.29, 0.717) is 11.5 Å². The molecule has 96 valence electrons. The van der Waals surface area contributed by atoms with Crippen molar-refractivity contribution in [3.8, 4) is 11.5 Å². The summed E-state index contributed by atoms with van der Waals surface area (Å²) in [6, 6.07) is 17.4. The summed E-state index contributed by atoms with van der Waals surface area (Å²) in [7, 11) is -3.37. The Morgan fingerprint density at radius 1 is 0.700 bits per heavy atom. The molecule has 0 bridgehead atoms. The van der Waals surface area contributed by atoms with Crippen LogP contribution in [0.15, 0.2) is 60.7 Å². The van der Waals surface area contributed by atoms with Gasteiger partial charge in [0.05, 0.1) is 0 Å². The fourth-order valence-electron chi connectivity index (χ4n) is 0.856. The molecule has 2 N–H and O–H groups in total. The molecular formula is C12H12K2O5P+. The van der Waals surface area contributed by atoms with Gasteiger partial charge in [-0.2, -0.15) is 0 Å². The molecule has 0 aliphatic heterocycles. The van der Waals surface area contributed by atoms with Gasteiger partial charge in [0.1, 0.15) is 11.5 Å². The third-order valence-corrected chi connectivity index (χ3v) is 1.51. The van der Waals surface area contributed by atoms with E-state index >= 15 is 0 Å². The van der Waals surface area contributed by atoms with E-state index in [0.717, 1.165) is 0 Å². The summed E-state index contributed by atoms with van der Waals surface area (Å²) in [6.45, 7) is 0. The molecule has 0 unspecified atom stereocenters. The van der Waals surface area contributed by atoms with E-state index in [9.17, 15) is 0 Å². The second-order valence-corrected chi connectivity index (χ2v) is 3.34. The van der Waals surface area contributed by atoms with Crippen LogP contribution in [0.5, 0.6) is 11.5 Å². The molecule has 2 rings (SSSR count). The van der Waals surface area contributed by atoms with Gasteiger partial charge in [-0.1, -0.05) is 41.0 Å². The van der Waals surface area contributed by atoms with E-state index in [4.69, 9.17) is 24.6 Å². The molecule has 0 amide bonds. The molecule has 20 heavy (non-hydrogen) atoms. The molecule has 5 nitrogen and oxygen atoms in total. The SMILES string of the molecule is O=[P+]([O-])[O-].Oc1ccccc1.Oc1ccccc1.[K+].[K+]. The summed E-state index contributed by atoms with van der Waals surface area (Å²) in [5.74, 6) is 0.644. The van der Waals surface area contributed by atoms with Crippen LogP contribution >= 0.6 is 8.25 Å². The summed E-state index contributed by atoms with van der Waals surface area (Å²) in [4.78, 5) is 17.0. The van der Waals surface area contributed by atoms with Crippen molar-refractivity contribution >= 4 is 8.25 Å². The molecule has 0 atom stereocenters. The Morgan fingerprint density at radius 2 is 0.900 bits per heavy atom. The quantitative estimate of drug-likeness (QED) is 0.368. The predicted octanol–water partition coefficient (Wildman–Crippen LogP) is -4.84. The molecule has 0 radical (unpaired) electrons. The van der Waals surface area contributed by atoms with Crippen LogP contribution < -0.4 is 113 Å². The number of phenols is 2. The Labute approximate surface area is 203 Å². The van der Waals surface area contributed by atoms with Crippen molar-refractivity contribution in [3.05, 3.63) is 60.7 Å². The average Bonchev–Trinajstić information content (AvgIpc) is 2.31. The molecule has 0 heterocycles. The minimum absolute atomic E-state index is 0. The van der Waals surface area contributed by atoms with Crippen molar-refractivity contribution in [1.82, 2.24) is 0 Å².